The molecule has 3 atom stereocenters. The number of nitrogens with zero attached hydrogens (tertiary/aromatic N) is 1. The number of rotatable bonds is 6. The normalized spacial score (nSPS) is 20.8. The molecule has 1 unspecified atom stereocenters. The van der Waals surface area contributed by atoms with Crippen molar-refractivity contribution < 1.29 is 37.3 Å². The first kappa shape index (κ1) is 23.8. The van der Waals surface area contributed by atoms with E-state index in [0.29, 0.717) is 17.2 Å². The van der Waals surface area contributed by atoms with E-state index in [4.69, 9.17) is 14.6 Å². The molecule has 1 aliphatic heterocycles. The summed E-state index contributed by atoms with van der Waals surface area (Å²) in [6.45, 7) is 0.533. The predicted molar refractivity (Wildman–Crippen MR) is 97.1 cm³/mol. The molecule has 28 heavy (non-hydrogen) atoms. The molecule has 0 bridgehead atoms. The monoisotopic (exact) mass is 426 g/mol. The molecular weight excluding hydrogens is 405 g/mol. The lowest BCUT2D eigenvalue weighted by atomic mass is 9.96. The Labute approximate surface area is 166 Å². The number of halogens is 4. The lowest BCUT2D eigenvalue weighted by Crippen LogP contribution is -2.41. The molecule has 0 aliphatic carbocycles. The van der Waals surface area contributed by atoms with Crippen molar-refractivity contribution in [2.75, 3.05) is 32.6 Å². The quantitative estimate of drug-likeness (QED) is 0.727. The summed E-state index contributed by atoms with van der Waals surface area (Å²) in [6, 6.07) is 3.74. The average Bonchev–Trinajstić information content (AvgIpc) is 3.07. The molecule has 1 heterocycles. The molecule has 1 aromatic rings. The SMILES string of the molecule is COc1ccc(NC(=O)C(C)N2C[C@@H](C(F)(F)F)[C@H](C(=O)O)C2)c(OC)c1.Cl. The van der Waals surface area contributed by atoms with E-state index < -0.39 is 42.5 Å². The average molecular weight is 427 g/mol. The van der Waals surface area contributed by atoms with Crippen LogP contribution in [0.5, 0.6) is 11.5 Å². The Morgan fingerprint density at radius 3 is 2.36 bits per heavy atom. The maximum Gasteiger partial charge on any atom is 0.393 e. The van der Waals surface area contributed by atoms with Crippen LogP contribution in [0.25, 0.3) is 0 Å². The number of benzene rings is 1. The van der Waals surface area contributed by atoms with Crippen LogP contribution in [0.1, 0.15) is 6.92 Å². The van der Waals surface area contributed by atoms with E-state index in [-0.39, 0.29) is 19.0 Å². The lowest BCUT2D eigenvalue weighted by Gasteiger charge is -2.24. The summed E-state index contributed by atoms with van der Waals surface area (Å²) < 4.78 is 49.6. The molecule has 1 saturated heterocycles. The van der Waals surface area contributed by atoms with Gasteiger partial charge in [-0.3, -0.25) is 14.5 Å². The highest BCUT2D eigenvalue weighted by atomic mass is 35.5. The van der Waals surface area contributed by atoms with E-state index in [0.717, 1.165) is 0 Å². The summed E-state index contributed by atoms with van der Waals surface area (Å²) in [6.07, 6.45) is -4.65. The summed E-state index contributed by atoms with van der Waals surface area (Å²) >= 11 is 0. The van der Waals surface area contributed by atoms with Crippen molar-refractivity contribution in [1.29, 1.82) is 0 Å². The van der Waals surface area contributed by atoms with E-state index in [1.54, 1.807) is 18.2 Å². The van der Waals surface area contributed by atoms with Crippen molar-refractivity contribution in [2.24, 2.45) is 11.8 Å². The second-order valence-corrected chi connectivity index (χ2v) is 6.28. The number of ether oxygens (including phenoxy) is 2. The maximum absolute atomic E-state index is 13.1. The summed E-state index contributed by atoms with van der Waals surface area (Å²) in [4.78, 5) is 24.9. The van der Waals surface area contributed by atoms with Crippen LogP contribution >= 0.6 is 12.4 Å². The van der Waals surface area contributed by atoms with Crippen molar-refractivity contribution in [3.63, 3.8) is 0 Å². The number of carbonyl (C=O) groups is 2. The number of methoxy groups -OCH3 is 2. The largest absolute Gasteiger partial charge is 0.497 e. The Kier molecular flexibility index (Phi) is 7.94. The van der Waals surface area contributed by atoms with Crippen molar-refractivity contribution in [3.8, 4) is 11.5 Å². The highest BCUT2D eigenvalue weighted by Gasteiger charge is 2.53. The van der Waals surface area contributed by atoms with Crippen LogP contribution in [0.4, 0.5) is 18.9 Å². The van der Waals surface area contributed by atoms with E-state index in [9.17, 15) is 22.8 Å². The topological polar surface area (TPSA) is 88.1 Å². The number of amides is 1. The highest BCUT2D eigenvalue weighted by molar-refractivity contribution is 5.96. The number of likely N-dealkylation sites (tertiary alicyclic amines) is 1. The summed E-state index contributed by atoms with van der Waals surface area (Å²) in [5.74, 6) is -4.87. The zero-order valence-electron chi connectivity index (χ0n) is 15.4. The van der Waals surface area contributed by atoms with Crippen molar-refractivity contribution in [1.82, 2.24) is 4.90 Å². The molecule has 1 aromatic carbocycles. The van der Waals surface area contributed by atoms with Crippen molar-refractivity contribution >= 4 is 30.0 Å². The number of anilines is 1. The fourth-order valence-corrected chi connectivity index (χ4v) is 3.04. The smallest absolute Gasteiger partial charge is 0.393 e. The van der Waals surface area contributed by atoms with E-state index in [2.05, 4.69) is 5.32 Å². The molecule has 0 radical (unpaired) electrons. The number of carbonyl (C=O) groups excluding carboxylic acids is 1. The number of hydrogen-bond acceptors (Lipinski definition) is 5. The summed E-state index contributed by atoms with van der Waals surface area (Å²) in [5.41, 5.74) is 0.330. The minimum absolute atomic E-state index is 0. The van der Waals surface area contributed by atoms with Gasteiger partial charge in [-0.25, -0.2) is 0 Å². The fraction of sp³-hybridized carbons (Fsp3) is 0.529. The molecule has 1 fully saturated rings. The number of alkyl halides is 3. The molecular formula is C17H22ClF3N2O5. The molecule has 0 saturated carbocycles. The second kappa shape index (κ2) is 9.33. The van der Waals surface area contributed by atoms with Crippen molar-refractivity contribution in [3.05, 3.63) is 18.2 Å². The third kappa shape index (κ3) is 5.20. The van der Waals surface area contributed by atoms with Gasteiger partial charge in [0.15, 0.2) is 0 Å². The van der Waals surface area contributed by atoms with E-state index >= 15 is 0 Å². The Bertz CT molecular complexity index is 717. The number of carboxylic acid groups (broad SMARTS) is 1. The van der Waals surface area contributed by atoms with Crippen LogP contribution in [0.15, 0.2) is 18.2 Å². The van der Waals surface area contributed by atoms with E-state index in [1.165, 1.54) is 26.0 Å². The van der Waals surface area contributed by atoms with Crippen molar-refractivity contribution in [2.45, 2.75) is 19.1 Å². The highest BCUT2D eigenvalue weighted by Crippen LogP contribution is 2.38. The number of hydrogen-bond donors (Lipinski definition) is 2. The van der Waals surface area contributed by atoms with Crippen LogP contribution in [0.2, 0.25) is 0 Å². The molecule has 1 amide bonds. The molecule has 0 spiro atoms. The van der Waals surface area contributed by atoms with E-state index in [1.807, 2.05) is 0 Å². The van der Waals surface area contributed by atoms with Gasteiger partial charge in [-0.2, -0.15) is 13.2 Å². The van der Waals surface area contributed by atoms with Gasteiger partial charge >= 0.3 is 12.1 Å². The van der Waals surface area contributed by atoms with Gasteiger partial charge in [0.2, 0.25) is 5.91 Å². The minimum atomic E-state index is -4.65. The third-order valence-corrected chi connectivity index (χ3v) is 4.68. The van der Waals surface area contributed by atoms with Crippen LogP contribution in [-0.2, 0) is 9.59 Å². The van der Waals surface area contributed by atoms with Gasteiger partial charge in [0, 0.05) is 19.2 Å². The number of aliphatic carboxylic acids is 1. The molecule has 7 nitrogen and oxygen atoms in total. The van der Waals surface area contributed by atoms with Crippen LogP contribution in [0.3, 0.4) is 0 Å². The Morgan fingerprint density at radius 1 is 1.25 bits per heavy atom. The zero-order valence-corrected chi connectivity index (χ0v) is 16.3. The molecule has 2 rings (SSSR count). The Balaban J connectivity index is 0.00000392. The van der Waals surface area contributed by atoms with Crippen LogP contribution in [0, 0.1) is 11.8 Å². The first-order valence-electron chi connectivity index (χ1n) is 8.15. The molecule has 11 heteroatoms. The third-order valence-electron chi connectivity index (χ3n) is 4.68. The standard InChI is InChI=1S/C17H21F3N2O5.ClH/c1-9(22-7-11(16(24)25)12(8-22)17(18,19)20)15(23)21-13-5-4-10(26-2)6-14(13)27-3;/h4-6,9,11-12H,7-8H2,1-3H3,(H,21,23)(H,24,25);1H/t9?,11-,12-;/m1./s1. The fourth-order valence-electron chi connectivity index (χ4n) is 3.04. The number of nitrogens with one attached hydrogen (secondary N) is 1. The van der Waals surface area contributed by atoms with Gasteiger partial charge in [-0.15, -0.1) is 12.4 Å². The predicted octanol–water partition coefficient (Wildman–Crippen LogP) is 2.65. The number of carboxylic acids is 1. The van der Waals surface area contributed by atoms with Gasteiger partial charge in [-0.1, -0.05) is 0 Å². The first-order valence-corrected chi connectivity index (χ1v) is 8.15. The summed E-state index contributed by atoms with van der Waals surface area (Å²) in [5, 5.41) is 11.7. The molecule has 2 N–H and O–H groups in total. The Morgan fingerprint density at radius 2 is 1.89 bits per heavy atom. The second-order valence-electron chi connectivity index (χ2n) is 6.28. The van der Waals surface area contributed by atoms with Crippen LogP contribution < -0.4 is 14.8 Å². The van der Waals surface area contributed by atoms with Gasteiger partial charge in [0.05, 0.1) is 37.8 Å². The van der Waals surface area contributed by atoms with Gasteiger partial charge in [0.25, 0.3) is 0 Å². The maximum atomic E-state index is 13.1. The molecule has 1 aliphatic rings. The zero-order chi connectivity index (χ0) is 20.4. The summed E-state index contributed by atoms with van der Waals surface area (Å²) in [7, 11) is 2.87. The molecule has 0 aromatic heterocycles. The van der Waals surface area contributed by atoms with Gasteiger partial charge < -0.3 is 19.9 Å². The molecule has 158 valence electrons. The van der Waals surface area contributed by atoms with Gasteiger partial charge in [-0.05, 0) is 19.1 Å². The minimum Gasteiger partial charge on any atom is -0.497 e. The first-order chi connectivity index (χ1) is 12.6. The lowest BCUT2D eigenvalue weighted by molar-refractivity contribution is -0.188. The van der Waals surface area contributed by atoms with Crippen LogP contribution in [-0.4, -0.2) is 61.4 Å². The van der Waals surface area contributed by atoms with Gasteiger partial charge in [0.1, 0.15) is 11.5 Å². The Hall–Kier alpha value is -2.20.